The van der Waals surface area contributed by atoms with E-state index in [0.717, 1.165) is 13.0 Å². The van der Waals surface area contributed by atoms with E-state index >= 15 is 0 Å². The van der Waals surface area contributed by atoms with E-state index in [1.807, 2.05) is 0 Å². The monoisotopic (exact) mass is 334 g/mol. The Morgan fingerprint density at radius 1 is 0.920 bits per heavy atom. The maximum absolute atomic E-state index is 2.56. The average Bonchev–Trinajstić information content (AvgIpc) is 2.61. The molecule has 1 heterocycles. The highest BCUT2D eigenvalue weighted by atomic mass is 15.2. The third kappa shape index (κ3) is 4.39. The van der Waals surface area contributed by atoms with Crippen LogP contribution in [0.5, 0.6) is 0 Å². The lowest BCUT2D eigenvalue weighted by Gasteiger charge is -2.41. The Labute approximate surface area is 152 Å². The summed E-state index contributed by atoms with van der Waals surface area (Å²) in [5.74, 6) is 0.610. The molecule has 132 valence electrons. The van der Waals surface area contributed by atoms with Gasteiger partial charge in [0.1, 0.15) is 0 Å². The SMILES string of the molecule is CN(C)CC1CC/C=C\C(c2ccccc2)N(C)C1c1ccccc1. The molecule has 3 unspecified atom stereocenters. The van der Waals surface area contributed by atoms with Crippen molar-refractivity contribution >= 4 is 0 Å². The maximum Gasteiger partial charge on any atom is 0.0534 e. The van der Waals surface area contributed by atoms with Crippen LogP contribution in [0.1, 0.15) is 36.1 Å². The molecule has 0 radical (unpaired) electrons. The minimum atomic E-state index is 0.316. The summed E-state index contributed by atoms with van der Waals surface area (Å²) in [5.41, 5.74) is 2.79. The molecule has 0 spiro atoms. The molecule has 0 aromatic heterocycles. The van der Waals surface area contributed by atoms with Gasteiger partial charge in [-0.3, -0.25) is 4.90 Å². The lowest BCUT2D eigenvalue weighted by atomic mass is 9.84. The lowest BCUT2D eigenvalue weighted by Crippen LogP contribution is -2.38. The Morgan fingerprint density at radius 3 is 2.12 bits per heavy atom. The van der Waals surface area contributed by atoms with Crippen LogP contribution in [0.2, 0.25) is 0 Å². The van der Waals surface area contributed by atoms with Gasteiger partial charge in [0.25, 0.3) is 0 Å². The zero-order valence-electron chi connectivity index (χ0n) is 15.7. The molecular weight excluding hydrogens is 304 g/mol. The minimum Gasteiger partial charge on any atom is -0.309 e. The van der Waals surface area contributed by atoms with Crippen molar-refractivity contribution in [3.05, 3.63) is 83.9 Å². The van der Waals surface area contributed by atoms with E-state index in [9.17, 15) is 0 Å². The van der Waals surface area contributed by atoms with Gasteiger partial charge in [-0.15, -0.1) is 0 Å². The largest absolute Gasteiger partial charge is 0.309 e. The van der Waals surface area contributed by atoms with Crippen LogP contribution in [0, 0.1) is 5.92 Å². The summed E-state index contributed by atoms with van der Waals surface area (Å²) in [6, 6.07) is 22.6. The van der Waals surface area contributed by atoms with Gasteiger partial charge < -0.3 is 4.90 Å². The van der Waals surface area contributed by atoms with E-state index in [1.165, 1.54) is 17.5 Å². The van der Waals surface area contributed by atoms with Gasteiger partial charge in [0.2, 0.25) is 0 Å². The number of likely N-dealkylation sites (N-methyl/N-ethyl adjacent to an activating group) is 1. The fraction of sp³-hybridized carbons (Fsp3) is 0.391. The number of hydrogen-bond acceptors (Lipinski definition) is 2. The number of hydrogen-bond donors (Lipinski definition) is 0. The first kappa shape index (κ1) is 17.9. The highest BCUT2D eigenvalue weighted by molar-refractivity contribution is 5.27. The first-order chi connectivity index (χ1) is 12.2. The van der Waals surface area contributed by atoms with E-state index in [2.05, 4.69) is 104 Å². The number of rotatable bonds is 4. The van der Waals surface area contributed by atoms with Crippen LogP contribution in [-0.4, -0.2) is 37.5 Å². The van der Waals surface area contributed by atoms with E-state index in [1.54, 1.807) is 0 Å². The van der Waals surface area contributed by atoms with Gasteiger partial charge in [-0.25, -0.2) is 0 Å². The maximum atomic E-state index is 2.56. The highest BCUT2D eigenvalue weighted by Gasteiger charge is 2.31. The molecular formula is C23H30N2. The van der Waals surface area contributed by atoms with Crippen LogP contribution in [0.15, 0.2) is 72.8 Å². The molecule has 0 amide bonds. The molecule has 0 N–H and O–H groups in total. The molecule has 0 bridgehead atoms. The highest BCUT2D eigenvalue weighted by Crippen LogP contribution is 2.39. The van der Waals surface area contributed by atoms with Crippen LogP contribution in [0.3, 0.4) is 0 Å². The Kier molecular flexibility index (Phi) is 6.06. The molecule has 2 aromatic rings. The lowest BCUT2D eigenvalue weighted by molar-refractivity contribution is 0.115. The summed E-state index contributed by atoms with van der Waals surface area (Å²) >= 11 is 0. The second-order valence-corrected chi connectivity index (χ2v) is 7.40. The van der Waals surface area contributed by atoms with Gasteiger partial charge in [-0.1, -0.05) is 72.8 Å². The third-order valence-corrected chi connectivity index (χ3v) is 5.23. The molecule has 0 aliphatic carbocycles. The molecule has 0 saturated heterocycles. The summed E-state index contributed by atoms with van der Waals surface area (Å²) in [4.78, 5) is 4.89. The van der Waals surface area contributed by atoms with Gasteiger partial charge in [0, 0.05) is 12.6 Å². The van der Waals surface area contributed by atoms with E-state index in [-0.39, 0.29) is 0 Å². The summed E-state index contributed by atoms with van der Waals surface area (Å²) < 4.78 is 0. The van der Waals surface area contributed by atoms with E-state index in [4.69, 9.17) is 0 Å². The fourth-order valence-corrected chi connectivity index (χ4v) is 4.15. The van der Waals surface area contributed by atoms with Crippen LogP contribution in [0.4, 0.5) is 0 Å². The molecule has 3 rings (SSSR count). The summed E-state index contributed by atoms with van der Waals surface area (Å²) in [6.45, 7) is 1.11. The predicted molar refractivity (Wildman–Crippen MR) is 107 cm³/mol. The Balaban J connectivity index is 2.00. The summed E-state index contributed by atoms with van der Waals surface area (Å²) in [6.07, 6.45) is 7.13. The van der Waals surface area contributed by atoms with Crippen molar-refractivity contribution in [2.45, 2.75) is 24.9 Å². The van der Waals surface area contributed by atoms with Crippen molar-refractivity contribution in [3.63, 3.8) is 0 Å². The van der Waals surface area contributed by atoms with E-state index in [0.29, 0.717) is 18.0 Å². The quantitative estimate of drug-likeness (QED) is 0.732. The Hall–Kier alpha value is -1.90. The number of nitrogens with zero attached hydrogens (tertiary/aromatic N) is 2. The number of benzene rings is 2. The van der Waals surface area contributed by atoms with Crippen molar-refractivity contribution in [1.82, 2.24) is 9.80 Å². The molecule has 0 fully saturated rings. The minimum absolute atomic E-state index is 0.316. The molecule has 25 heavy (non-hydrogen) atoms. The zero-order valence-corrected chi connectivity index (χ0v) is 15.7. The summed E-state index contributed by atoms with van der Waals surface area (Å²) in [7, 11) is 6.66. The van der Waals surface area contributed by atoms with Crippen molar-refractivity contribution in [1.29, 1.82) is 0 Å². The van der Waals surface area contributed by atoms with Gasteiger partial charge in [0.05, 0.1) is 6.04 Å². The van der Waals surface area contributed by atoms with Crippen LogP contribution in [0.25, 0.3) is 0 Å². The second-order valence-electron chi connectivity index (χ2n) is 7.40. The van der Waals surface area contributed by atoms with Crippen molar-refractivity contribution in [2.24, 2.45) is 5.92 Å². The predicted octanol–water partition coefficient (Wildman–Crippen LogP) is 4.93. The molecule has 2 heteroatoms. The fourth-order valence-electron chi connectivity index (χ4n) is 4.15. The summed E-state index contributed by atoms with van der Waals surface area (Å²) in [5, 5.41) is 0. The Bertz CT molecular complexity index is 663. The topological polar surface area (TPSA) is 6.48 Å². The molecule has 3 atom stereocenters. The van der Waals surface area contributed by atoms with Crippen molar-refractivity contribution in [2.75, 3.05) is 27.7 Å². The number of allylic oxidation sites excluding steroid dienone is 1. The molecule has 2 nitrogen and oxygen atoms in total. The zero-order chi connectivity index (χ0) is 17.6. The smallest absolute Gasteiger partial charge is 0.0534 e. The van der Waals surface area contributed by atoms with Gasteiger partial charge in [0.15, 0.2) is 0 Å². The Morgan fingerprint density at radius 2 is 1.52 bits per heavy atom. The van der Waals surface area contributed by atoms with Crippen molar-refractivity contribution < 1.29 is 0 Å². The van der Waals surface area contributed by atoms with Crippen LogP contribution in [-0.2, 0) is 0 Å². The second kappa shape index (κ2) is 8.46. The van der Waals surface area contributed by atoms with Crippen LogP contribution < -0.4 is 0 Å². The molecule has 1 aliphatic heterocycles. The molecule has 2 aromatic carbocycles. The van der Waals surface area contributed by atoms with E-state index < -0.39 is 0 Å². The van der Waals surface area contributed by atoms with Crippen LogP contribution >= 0.6 is 0 Å². The molecule has 0 saturated carbocycles. The average molecular weight is 335 g/mol. The van der Waals surface area contributed by atoms with Crippen molar-refractivity contribution in [3.8, 4) is 0 Å². The first-order valence-electron chi connectivity index (χ1n) is 9.30. The standard InChI is InChI=1S/C23H30N2/c1-24(2)18-21-16-10-11-17-22(19-12-6-4-7-13-19)25(3)23(21)20-14-8-5-9-15-20/h4-9,11-15,17,21-23H,10,16,18H2,1-3H3/b17-11-. The third-order valence-electron chi connectivity index (χ3n) is 5.23. The van der Waals surface area contributed by atoms with Gasteiger partial charge >= 0.3 is 0 Å². The first-order valence-corrected chi connectivity index (χ1v) is 9.30. The molecule has 1 aliphatic rings. The van der Waals surface area contributed by atoms with Gasteiger partial charge in [-0.2, -0.15) is 0 Å². The normalized spacial score (nSPS) is 26.2. The van der Waals surface area contributed by atoms with Gasteiger partial charge in [-0.05, 0) is 51.0 Å².